The molecule has 1 aromatic carbocycles. The summed E-state index contributed by atoms with van der Waals surface area (Å²) in [5.41, 5.74) is 1.35. The standard InChI is InChI=1S/C18H22N2O3/c1-2-3-4-5-9-15(18(22)23)17(21)20-14-11-13-8-6-7-10-16(13)19-12-14/h6-8,10-12,15H,2-5,9H2,1H3,(H,20,21)(H,22,23). The summed E-state index contributed by atoms with van der Waals surface area (Å²) in [6.45, 7) is 2.09. The minimum Gasteiger partial charge on any atom is -0.481 e. The number of aromatic nitrogens is 1. The monoisotopic (exact) mass is 314 g/mol. The van der Waals surface area contributed by atoms with E-state index in [2.05, 4.69) is 17.2 Å². The van der Waals surface area contributed by atoms with Gasteiger partial charge in [0.25, 0.3) is 0 Å². The number of carboxylic acid groups (broad SMARTS) is 1. The van der Waals surface area contributed by atoms with Crippen LogP contribution in [-0.2, 0) is 9.59 Å². The fraction of sp³-hybridized carbons (Fsp3) is 0.389. The van der Waals surface area contributed by atoms with Gasteiger partial charge >= 0.3 is 5.97 Å². The third-order valence-electron chi connectivity index (χ3n) is 3.82. The first-order valence-electron chi connectivity index (χ1n) is 8.00. The van der Waals surface area contributed by atoms with Crippen molar-refractivity contribution in [2.24, 2.45) is 5.92 Å². The number of amides is 1. The van der Waals surface area contributed by atoms with E-state index < -0.39 is 17.8 Å². The van der Waals surface area contributed by atoms with Gasteiger partial charge in [0.05, 0.1) is 17.4 Å². The van der Waals surface area contributed by atoms with E-state index in [4.69, 9.17) is 0 Å². The van der Waals surface area contributed by atoms with Crippen LogP contribution in [0.4, 0.5) is 5.69 Å². The molecule has 0 bridgehead atoms. The Hall–Kier alpha value is -2.43. The minimum absolute atomic E-state index is 0.363. The van der Waals surface area contributed by atoms with Crippen molar-refractivity contribution in [2.45, 2.75) is 39.0 Å². The molecule has 5 nitrogen and oxygen atoms in total. The van der Waals surface area contributed by atoms with Crippen LogP contribution in [0.1, 0.15) is 39.0 Å². The molecule has 2 aromatic rings. The zero-order chi connectivity index (χ0) is 16.7. The minimum atomic E-state index is -1.08. The van der Waals surface area contributed by atoms with Gasteiger partial charge in [-0.1, -0.05) is 50.8 Å². The highest BCUT2D eigenvalue weighted by Crippen LogP contribution is 2.18. The number of para-hydroxylation sites is 1. The van der Waals surface area contributed by atoms with Crippen molar-refractivity contribution in [1.82, 2.24) is 4.98 Å². The van der Waals surface area contributed by atoms with Gasteiger partial charge in [-0.05, 0) is 18.6 Å². The van der Waals surface area contributed by atoms with E-state index >= 15 is 0 Å². The lowest BCUT2D eigenvalue weighted by Gasteiger charge is -2.13. The molecule has 2 N–H and O–H groups in total. The largest absolute Gasteiger partial charge is 0.481 e. The summed E-state index contributed by atoms with van der Waals surface area (Å²) in [5, 5.41) is 12.9. The highest BCUT2D eigenvalue weighted by atomic mass is 16.4. The molecule has 0 aliphatic carbocycles. The molecule has 5 heteroatoms. The highest BCUT2D eigenvalue weighted by Gasteiger charge is 2.25. The second kappa shape index (κ2) is 8.27. The molecule has 2 rings (SSSR count). The lowest BCUT2D eigenvalue weighted by atomic mass is 10.00. The van der Waals surface area contributed by atoms with E-state index in [9.17, 15) is 14.7 Å². The zero-order valence-electron chi connectivity index (χ0n) is 13.3. The van der Waals surface area contributed by atoms with Gasteiger partial charge in [0.15, 0.2) is 0 Å². The van der Waals surface area contributed by atoms with E-state index in [-0.39, 0.29) is 0 Å². The number of hydrogen-bond donors (Lipinski definition) is 2. The number of pyridine rings is 1. The maximum atomic E-state index is 12.2. The molecule has 122 valence electrons. The van der Waals surface area contributed by atoms with Crippen LogP contribution in [0.25, 0.3) is 10.9 Å². The lowest BCUT2D eigenvalue weighted by molar-refractivity contribution is -0.145. The van der Waals surface area contributed by atoms with Crippen LogP contribution in [0, 0.1) is 5.92 Å². The first-order chi connectivity index (χ1) is 11.1. The van der Waals surface area contributed by atoms with Gasteiger partial charge < -0.3 is 10.4 Å². The predicted octanol–water partition coefficient (Wildman–Crippen LogP) is 3.84. The van der Waals surface area contributed by atoms with Crippen LogP contribution < -0.4 is 5.32 Å². The average molecular weight is 314 g/mol. The third kappa shape index (κ3) is 4.77. The van der Waals surface area contributed by atoms with Crippen LogP contribution in [0.15, 0.2) is 36.5 Å². The summed E-state index contributed by atoms with van der Waals surface area (Å²) >= 11 is 0. The Bertz CT molecular complexity index is 685. The number of rotatable bonds is 8. The quantitative estimate of drug-likeness (QED) is 0.573. The number of fused-ring (bicyclic) bond motifs is 1. The van der Waals surface area contributed by atoms with Crippen molar-refractivity contribution >= 4 is 28.5 Å². The molecule has 1 aromatic heterocycles. The Morgan fingerprint density at radius 1 is 1.22 bits per heavy atom. The summed E-state index contributed by atoms with van der Waals surface area (Å²) in [5.74, 6) is -2.57. The molecule has 0 aliphatic rings. The molecule has 0 radical (unpaired) electrons. The van der Waals surface area contributed by atoms with E-state index in [0.29, 0.717) is 12.1 Å². The van der Waals surface area contributed by atoms with Gasteiger partial charge in [-0.25, -0.2) is 0 Å². The molecule has 23 heavy (non-hydrogen) atoms. The average Bonchev–Trinajstić information content (AvgIpc) is 2.54. The number of hydrogen-bond acceptors (Lipinski definition) is 3. The summed E-state index contributed by atoms with van der Waals surface area (Å²) < 4.78 is 0. The van der Waals surface area contributed by atoms with Gasteiger partial charge in [0.1, 0.15) is 5.92 Å². The second-order valence-corrected chi connectivity index (χ2v) is 5.65. The van der Waals surface area contributed by atoms with Crippen LogP contribution in [0.5, 0.6) is 0 Å². The number of carboxylic acids is 1. The number of anilines is 1. The van der Waals surface area contributed by atoms with Crippen LogP contribution in [0.2, 0.25) is 0 Å². The number of nitrogens with zero attached hydrogens (tertiary/aromatic N) is 1. The molecule has 1 unspecified atom stereocenters. The summed E-state index contributed by atoms with van der Waals surface area (Å²) in [7, 11) is 0. The molecule has 1 atom stereocenters. The molecule has 0 saturated heterocycles. The Balaban J connectivity index is 2.02. The van der Waals surface area contributed by atoms with Gasteiger partial charge in [0.2, 0.25) is 5.91 Å². The fourth-order valence-corrected chi connectivity index (χ4v) is 2.51. The second-order valence-electron chi connectivity index (χ2n) is 5.65. The molecule has 1 amide bonds. The maximum Gasteiger partial charge on any atom is 0.316 e. The summed E-state index contributed by atoms with van der Waals surface area (Å²) in [6.07, 6.45) is 5.74. The van der Waals surface area contributed by atoms with Crippen molar-refractivity contribution in [2.75, 3.05) is 5.32 Å². The number of carbonyl (C=O) groups is 2. The number of nitrogens with one attached hydrogen (secondary N) is 1. The number of unbranched alkanes of at least 4 members (excludes halogenated alkanes) is 3. The first kappa shape index (κ1) is 16.9. The van der Waals surface area contributed by atoms with Crippen molar-refractivity contribution in [3.63, 3.8) is 0 Å². The number of aliphatic carboxylic acids is 1. The van der Waals surface area contributed by atoms with Gasteiger partial charge in [-0.2, -0.15) is 0 Å². The predicted molar refractivity (Wildman–Crippen MR) is 90.3 cm³/mol. The molecule has 1 heterocycles. The van der Waals surface area contributed by atoms with Gasteiger partial charge in [0, 0.05) is 5.39 Å². The smallest absolute Gasteiger partial charge is 0.316 e. The van der Waals surface area contributed by atoms with E-state index in [1.54, 1.807) is 12.3 Å². The highest BCUT2D eigenvalue weighted by molar-refractivity contribution is 6.04. The molecular formula is C18H22N2O3. The van der Waals surface area contributed by atoms with Gasteiger partial charge in [-0.15, -0.1) is 0 Å². The zero-order valence-corrected chi connectivity index (χ0v) is 13.3. The molecular weight excluding hydrogens is 292 g/mol. The molecule has 0 spiro atoms. The van der Waals surface area contributed by atoms with Gasteiger partial charge in [-0.3, -0.25) is 14.6 Å². The topological polar surface area (TPSA) is 79.3 Å². The van der Waals surface area contributed by atoms with Crippen molar-refractivity contribution < 1.29 is 14.7 Å². The Morgan fingerprint density at radius 3 is 2.74 bits per heavy atom. The molecule has 0 saturated carbocycles. The lowest BCUT2D eigenvalue weighted by Crippen LogP contribution is -2.29. The molecule has 0 aliphatic heterocycles. The van der Waals surface area contributed by atoms with Crippen molar-refractivity contribution in [3.05, 3.63) is 36.5 Å². The molecule has 0 fully saturated rings. The number of carbonyl (C=O) groups excluding carboxylic acids is 1. The normalized spacial score (nSPS) is 12.0. The Labute approximate surface area is 135 Å². The van der Waals surface area contributed by atoms with Crippen molar-refractivity contribution in [1.29, 1.82) is 0 Å². The van der Waals surface area contributed by atoms with E-state index in [1.165, 1.54) is 0 Å². The first-order valence-corrected chi connectivity index (χ1v) is 8.00. The number of benzene rings is 1. The summed E-state index contributed by atoms with van der Waals surface area (Å²) in [4.78, 5) is 27.8. The Morgan fingerprint density at radius 2 is 2.00 bits per heavy atom. The maximum absolute atomic E-state index is 12.2. The van der Waals surface area contributed by atoms with Crippen LogP contribution in [0.3, 0.4) is 0 Å². The fourth-order valence-electron chi connectivity index (χ4n) is 2.51. The van der Waals surface area contributed by atoms with Crippen LogP contribution in [-0.4, -0.2) is 22.0 Å². The van der Waals surface area contributed by atoms with E-state index in [0.717, 1.165) is 36.6 Å². The van der Waals surface area contributed by atoms with E-state index in [1.807, 2.05) is 24.3 Å². The van der Waals surface area contributed by atoms with Crippen molar-refractivity contribution in [3.8, 4) is 0 Å². The third-order valence-corrected chi connectivity index (χ3v) is 3.82. The summed E-state index contributed by atoms with van der Waals surface area (Å²) in [6, 6.07) is 9.37. The van der Waals surface area contributed by atoms with Crippen LogP contribution >= 0.6 is 0 Å². The Kier molecular flexibility index (Phi) is 6.09. The SMILES string of the molecule is CCCCCCC(C(=O)O)C(=O)Nc1cnc2ccccc2c1.